The van der Waals surface area contributed by atoms with Crippen LogP contribution in [0.2, 0.25) is 0 Å². The van der Waals surface area contributed by atoms with Crippen LogP contribution >= 0.6 is 0 Å². The number of ether oxygens (including phenoxy) is 1. The second-order valence-corrected chi connectivity index (χ2v) is 5.39. The first-order valence-corrected chi connectivity index (χ1v) is 7.54. The third kappa shape index (κ3) is 3.81. The molecule has 0 N–H and O–H groups in total. The summed E-state index contributed by atoms with van der Waals surface area (Å²) in [5.74, 6) is 0.323. The van der Waals surface area contributed by atoms with Gasteiger partial charge in [-0.25, -0.2) is 4.79 Å². The summed E-state index contributed by atoms with van der Waals surface area (Å²) in [6.45, 7) is 4.58. The number of piperazine rings is 1. The summed E-state index contributed by atoms with van der Waals surface area (Å²) in [7, 11) is 1.33. The molecule has 0 spiro atoms. The highest BCUT2D eigenvalue weighted by atomic mass is 16.5. The molecule has 0 atom stereocenters. The molecule has 0 amide bonds. The molecule has 7 heteroatoms. The van der Waals surface area contributed by atoms with E-state index < -0.39 is 5.97 Å². The van der Waals surface area contributed by atoms with Crippen LogP contribution in [0, 0.1) is 0 Å². The van der Waals surface area contributed by atoms with Gasteiger partial charge >= 0.3 is 5.97 Å². The highest BCUT2D eigenvalue weighted by molar-refractivity contribution is 5.86. The maximum atomic E-state index is 11.4. The Balaban J connectivity index is 1.55. The maximum absolute atomic E-state index is 11.4. The molecule has 0 aromatic carbocycles. The van der Waals surface area contributed by atoms with E-state index in [2.05, 4.69) is 35.8 Å². The predicted octanol–water partition coefficient (Wildman–Crippen LogP) is 0.980. The lowest BCUT2D eigenvalue weighted by Crippen LogP contribution is -2.46. The van der Waals surface area contributed by atoms with Crippen molar-refractivity contribution in [3.8, 4) is 0 Å². The Morgan fingerprint density at radius 2 is 2.00 bits per heavy atom. The van der Waals surface area contributed by atoms with Crippen molar-refractivity contribution in [1.82, 2.24) is 20.1 Å². The Morgan fingerprint density at radius 1 is 1.17 bits per heavy atom. The van der Waals surface area contributed by atoms with E-state index in [1.165, 1.54) is 12.7 Å². The van der Waals surface area contributed by atoms with E-state index in [9.17, 15) is 4.79 Å². The van der Waals surface area contributed by atoms with Crippen LogP contribution in [0.25, 0.3) is 0 Å². The number of hydrogen-bond acceptors (Lipinski definition) is 7. The van der Waals surface area contributed by atoms with Gasteiger partial charge in [0, 0.05) is 45.1 Å². The van der Waals surface area contributed by atoms with E-state index in [1.807, 2.05) is 18.3 Å². The number of rotatable bonds is 4. The lowest BCUT2D eigenvalue weighted by atomic mass is 10.2. The van der Waals surface area contributed by atoms with Crippen molar-refractivity contribution in [3.63, 3.8) is 0 Å². The maximum Gasteiger partial charge on any atom is 0.358 e. The molecule has 3 heterocycles. The molecule has 0 aliphatic carbocycles. The second kappa shape index (κ2) is 7.15. The standard InChI is InChI=1S/C16H19N5O2/c1-23-16(22)14-4-5-15(19-18-14)21-9-7-20(8-10-21)12-13-3-2-6-17-11-13/h2-6,11H,7-10,12H2,1H3. The zero-order valence-corrected chi connectivity index (χ0v) is 13.1. The molecule has 0 saturated carbocycles. The number of carbonyl (C=O) groups is 1. The number of carbonyl (C=O) groups excluding carboxylic acids is 1. The van der Waals surface area contributed by atoms with Gasteiger partial charge in [0.25, 0.3) is 0 Å². The monoisotopic (exact) mass is 313 g/mol. The highest BCUT2D eigenvalue weighted by Gasteiger charge is 2.19. The lowest BCUT2D eigenvalue weighted by molar-refractivity contribution is 0.0592. The third-order valence-electron chi connectivity index (χ3n) is 3.87. The molecule has 0 unspecified atom stereocenters. The Labute approximate surface area is 134 Å². The number of anilines is 1. The fourth-order valence-corrected chi connectivity index (χ4v) is 2.59. The Hall–Kier alpha value is -2.54. The smallest absolute Gasteiger partial charge is 0.358 e. The summed E-state index contributed by atoms with van der Waals surface area (Å²) in [6, 6.07) is 7.52. The van der Waals surface area contributed by atoms with Gasteiger partial charge in [-0.3, -0.25) is 9.88 Å². The van der Waals surface area contributed by atoms with Gasteiger partial charge in [-0.2, -0.15) is 0 Å². The third-order valence-corrected chi connectivity index (χ3v) is 3.87. The highest BCUT2D eigenvalue weighted by Crippen LogP contribution is 2.14. The number of methoxy groups -OCH3 is 1. The average Bonchev–Trinajstić information content (AvgIpc) is 2.63. The number of aromatic nitrogens is 3. The van der Waals surface area contributed by atoms with Crippen molar-refractivity contribution in [2.45, 2.75) is 6.54 Å². The summed E-state index contributed by atoms with van der Waals surface area (Å²) in [5.41, 5.74) is 1.45. The van der Waals surface area contributed by atoms with Crippen LogP contribution < -0.4 is 4.90 Å². The van der Waals surface area contributed by atoms with Crippen molar-refractivity contribution in [2.75, 3.05) is 38.2 Å². The summed E-state index contributed by atoms with van der Waals surface area (Å²) in [4.78, 5) is 20.1. The van der Waals surface area contributed by atoms with Crippen LogP contribution in [0.1, 0.15) is 16.1 Å². The first kappa shape index (κ1) is 15.4. The van der Waals surface area contributed by atoms with Gasteiger partial charge in [-0.1, -0.05) is 6.07 Å². The fraction of sp³-hybridized carbons (Fsp3) is 0.375. The van der Waals surface area contributed by atoms with E-state index in [1.54, 1.807) is 12.3 Å². The molecule has 120 valence electrons. The molecule has 2 aromatic heterocycles. The molecular formula is C16H19N5O2. The van der Waals surface area contributed by atoms with Gasteiger partial charge in [0.2, 0.25) is 0 Å². The topological polar surface area (TPSA) is 71.5 Å². The molecule has 3 rings (SSSR count). The SMILES string of the molecule is COC(=O)c1ccc(N2CCN(Cc3cccnc3)CC2)nn1. The molecular weight excluding hydrogens is 294 g/mol. The zero-order valence-electron chi connectivity index (χ0n) is 13.1. The first-order chi connectivity index (χ1) is 11.3. The number of pyridine rings is 1. The predicted molar refractivity (Wildman–Crippen MR) is 85.1 cm³/mol. The fourth-order valence-electron chi connectivity index (χ4n) is 2.59. The van der Waals surface area contributed by atoms with E-state index in [4.69, 9.17) is 0 Å². The molecule has 1 fully saturated rings. The average molecular weight is 313 g/mol. The molecule has 1 aliphatic heterocycles. The van der Waals surface area contributed by atoms with Gasteiger partial charge < -0.3 is 9.64 Å². The Kier molecular flexibility index (Phi) is 4.77. The zero-order chi connectivity index (χ0) is 16.1. The minimum absolute atomic E-state index is 0.228. The molecule has 2 aromatic rings. The minimum atomic E-state index is -0.467. The summed E-state index contributed by atoms with van der Waals surface area (Å²) < 4.78 is 4.63. The first-order valence-electron chi connectivity index (χ1n) is 7.54. The van der Waals surface area contributed by atoms with Gasteiger partial charge in [0.1, 0.15) is 0 Å². The van der Waals surface area contributed by atoms with Crippen molar-refractivity contribution >= 4 is 11.8 Å². The van der Waals surface area contributed by atoms with Crippen LogP contribution in [0.15, 0.2) is 36.7 Å². The minimum Gasteiger partial charge on any atom is -0.464 e. The van der Waals surface area contributed by atoms with E-state index >= 15 is 0 Å². The Bertz CT molecular complexity index is 639. The van der Waals surface area contributed by atoms with Crippen LogP contribution in [0.3, 0.4) is 0 Å². The van der Waals surface area contributed by atoms with Gasteiger partial charge in [0.05, 0.1) is 7.11 Å². The van der Waals surface area contributed by atoms with E-state index in [0.29, 0.717) is 0 Å². The molecule has 0 bridgehead atoms. The van der Waals surface area contributed by atoms with Crippen LogP contribution in [-0.2, 0) is 11.3 Å². The quantitative estimate of drug-likeness (QED) is 0.779. The molecule has 1 aliphatic rings. The Morgan fingerprint density at radius 3 is 2.61 bits per heavy atom. The number of esters is 1. The number of nitrogens with zero attached hydrogens (tertiary/aromatic N) is 5. The van der Waals surface area contributed by atoms with Crippen molar-refractivity contribution in [1.29, 1.82) is 0 Å². The van der Waals surface area contributed by atoms with Crippen molar-refractivity contribution < 1.29 is 9.53 Å². The van der Waals surface area contributed by atoms with Crippen molar-refractivity contribution in [3.05, 3.63) is 47.9 Å². The second-order valence-electron chi connectivity index (χ2n) is 5.39. The largest absolute Gasteiger partial charge is 0.464 e. The van der Waals surface area contributed by atoms with E-state index in [0.717, 1.165) is 38.5 Å². The van der Waals surface area contributed by atoms with Crippen LogP contribution in [-0.4, -0.2) is 59.3 Å². The van der Waals surface area contributed by atoms with Crippen molar-refractivity contribution in [2.24, 2.45) is 0 Å². The van der Waals surface area contributed by atoms with E-state index in [-0.39, 0.29) is 5.69 Å². The normalized spacial score (nSPS) is 15.4. The molecule has 23 heavy (non-hydrogen) atoms. The van der Waals surface area contributed by atoms with Gasteiger partial charge in [0.15, 0.2) is 11.5 Å². The summed E-state index contributed by atoms with van der Waals surface area (Å²) in [5, 5.41) is 8.05. The molecule has 1 saturated heterocycles. The number of hydrogen-bond donors (Lipinski definition) is 0. The summed E-state index contributed by atoms with van der Waals surface area (Å²) >= 11 is 0. The van der Waals surface area contributed by atoms with Crippen LogP contribution in [0.4, 0.5) is 5.82 Å². The van der Waals surface area contributed by atoms with Gasteiger partial charge in [-0.05, 0) is 23.8 Å². The molecule has 7 nitrogen and oxygen atoms in total. The van der Waals surface area contributed by atoms with Crippen LogP contribution in [0.5, 0.6) is 0 Å². The lowest BCUT2D eigenvalue weighted by Gasteiger charge is -2.35. The van der Waals surface area contributed by atoms with Gasteiger partial charge in [-0.15, -0.1) is 10.2 Å². The summed E-state index contributed by atoms with van der Waals surface area (Å²) in [6.07, 6.45) is 3.70. The molecule has 0 radical (unpaired) electrons.